The number of aliphatic hydroxyl groups is 2. The Morgan fingerprint density at radius 2 is 2.03 bits per heavy atom. The van der Waals surface area contributed by atoms with Gasteiger partial charge in [-0.1, -0.05) is 11.8 Å². The van der Waals surface area contributed by atoms with Gasteiger partial charge in [-0.25, -0.2) is 9.67 Å². The fourth-order valence-electron chi connectivity index (χ4n) is 3.83. The van der Waals surface area contributed by atoms with E-state index in [1.54, 1.807) is 22.5 Å². The number of nitrogens with zero attached hydrogens (tertiary/aromatic N) is 4. The Kier molecular flexibility index (Phi) is 5.48. The van der Waals surface area contributed by atoms with E-state index in [4.69, 9.17) is 0 Å². The summed E-state index contributed by atoms with van der Waals surface area (Å²) in [6.45, 7) is 0. The summed E-state index contributed by atoms with van der Waals surface area (Å²) in [5.41, 5.74) is 1.77. The zero-order chi connectivity index (χ0) is 21.4. The van der Waals surface area contributed by atoms with E-state index >= 15 is 0 Å². The number of amidine groups is 1. The van der Waals surface area contributed by atoms with E-state index in [-0.39, 0.29) is 17.6 Å². The van der Waals surface area contributed by atoms with Crippen molar-refractivity contribution >= 4 is 45.0 Å². The number of thiazole rings is 1. The first-order valence-electron chi connectivity index (χ1n) is 9.76. The number of carbonyl (C=O) groups excluding carboxylic acids is 1. The number of thioether (sulfide) groups is 1. The molecular formula is C20H20N6O3S2. The largest absolute Gasteiger partial charge is 0.390 e. The van der Waals surface area contributed by atoms with Crippen LogP contribution in [0.1, 0.15) is 6.42 Å². The van der Waals surface area contributed by atoms with Crippen LogP contribution in [0.4, 0.5) is 10.8 Å². The second-order valence-electron chi connectivity index (χ2n) is 7.36. The first-order valence-corrected chi connectivity index (χ1v) is 11.5. The highest BCUT2D eigenvalue weighted by Crippen LogP contribution is 2.42. The third-order valence-electron chi connectivity index (χ3n) is 5.37. The number of aliphatic hydroxyl groups excluding tert-OH is 2. The van der Waals surface area contributed by atoms with Crippen LogP contribution in [-0.2, 0) is 4.79 Å². The molecule has 1 aromatic carbocycles. The minimum absolute atomic E-state index is 0.175. The second kappa shape index (κ2) is 8.42. The van der Waals surface area contributed by atoms with Gasteiger partial charge in [0.25, 0.3) is 0 Å². The average Bonchev–Trinajstić information content (AvgIpc) is 3.53. The van der Waals surface area contributed by atoms with Crippen molar-refractivity contribution in [2.75, 3.05) is 10.6 Å². The summed E-state index contributed by atoms with van der Waals surface area (Å²) >= 11 is 2.75. The number of nitrogens with one attached hydrogen (secondary N) is 2. The normalized spacial score (nSPS) is 27.4. The lowest BCUT2D eigenvalue weighted by atomic mass is 9.81. The molecule has 1 saturated carbocycles. The molecule has 11 heteroatoms. The summed E-state index contributed by atoms with van der Waals surface area (Å²) in [6.07, 6.45) is 3.36. The number of amides is 1. The van der Waals surface area contributed by atoms with Crippen molar-refractivity contribution in [3.63, 3.8) is 0 Å². The summed E-state index contributed by atoms with van der Waals surface area (Å²) in [7, 11) is 0. The van der Waals surface area contributed by atoms with E-state index in [0.717, 1.165) is 11.4 Å². The van der Waals surface area contributed by atoms with Gasteiger partial charge in [-0.15, -0.1) is 11.3 Å². The van der Waals surface area contributed by atoms with Crippen molar-refractivity contribution in [1.82, 2.24) is 14.8 Å². The van der Waals surface area contributed by atoms with E-state index in [1.165, 1.54) is 23.1 Å². The van der Waals surface area contributed by atoms with Crippen molar-refractivity contribution in [3.05, 3.63) is 54.3 Å². The molecule has 4 N–H and O–H groups in total. The number of fused-ring (bicyclic) bond motifs is 1. The third-order valence-corrected chi connectivity index (χ3v) is 7.37. The van der Waals surface area contributed by atoms with Gasteiger partial charge in [-0.2, -0.15) is 5.10 Å². The van der Waals surface area contributed by atoms with Crippen molar-refractivity contribution in [2.45, 2.75) is 29.9 Å². The molecule has 3 heterocycles. The molecule has 1 aliphatic carbocycles. The molecule has 0 radical (unpaired) electrons. The van der Waals surface area contributed by atoms with Crippen LogP contribution in [0.25, 0.3) is 5.69 Å². The molecule has 5 unspecified atom stereocenters. The summed E-state index contributed by atoms with van der Waals surface area (Å²) in [4.78, 5) is 21.5. The highest BCUT2D eigenvalue weighted by Gasteiger charge is 2.50. The van der Waals surface area contributed by atoms with Gasteiger partial charge in [0.15, 0.2) is 10.3 Å². The van der Waals surface area contributed by atoms with Crippen molar-refractivity contribution in [2.24, 2.45) is 10.9 Å². The van der Waals surface area contributed by atoms with Crippen LogP contribution in [0.3, 0.4) is 0 Å². The molecule has 2 aliphatic rings. The molecule has 1 aliphatic heterocycles. The van der Waals surface area contributed by atoms with Gasteiger partial charge in [0.2, 0.25) is 5.91 Å². The van der Waals surface area contributed by atoms with Crippen LogP contribution in [0, 0.1) is 5.92 Å². The molecule has 160 valence electrons. The Morgan fingerprint density at radius 1 is 1.19 bits per heavy atom. The topological polar surface area (TPSA) is 125 Å². The number of carbonyl (C=O) groups is 1. The number of hydrogen-bond donors (Lipinski definition) is 4. The number of aliphatic imine (C=N–C) groups is 1. The van der Waals surface area contributed by atoms with E-state index in [1.807, 2.05) is 36.5 Å². The maximum atomic E-state index is 12.8. The molecule has 0 bridgehead atoms. The second-order valence-corrected chi connectivity index (χ2v) is 9.42. The predicted octanol–water partition coefficient (Wildman–Crippen LogP) is 1.96. The van der Waals surface area contributed by atoms with Gasteiger partial charge in [-0.05, 0) is 36.8 Å². The predicted molar refractivity (Wildman–Crippen MR) is 121 cm³/mol. The Morgan fingerprint density at radius 3 is 2.74 bits per heavy atom. The number of benzene rings is 1. The summed E-state index contributed by atoms with van der Waals surface area (Å²) < 4.78 is 1.77. The van der Waals surface area contributed by atoms with Crippen molar-refractivity contribution < 1.29 is 15.0 Å². The van der Waals surface area contributed by atoms with E-state index < -0.39 is 24.2 Å². The third kappa shape index (κ3) is 4.09. The molecule has 1 amide bonds. The number of rotatable bonds is 4. The van der Waals surface area contributed by atoms with Crippen molar-refractivity contribution in [3.8, 4) is 5.69 Å². The van der Waals surface area contributed by atoms with Gasteiger partial charge in [0.1, 0.15) is 6.10 Å². The smallest absolute Gasteiger partial charge is 0.230 e. The molecule has 5 atom stereocenters. The van der Waals surface area contributed by atoms with Gasteiger partial charge in [0.05, 0.1) is 23.8 Å². The first kappa shape index (κ1) is 20.2. The van der Waals surface area contributed by atoms with Crippen LogP contribution in [0.15, 0.2) is 59.3 Å². The molecule has 2 aromatic heterocycles. The standard InChI is InChI=1S/C20H20N6O3S2/c27-14-10-13(18(29)25-19-21-7-9-30-19)17-15(16(14)28)24-20(31-17)23-11-2-4-12(5-3-11)26-8-1-6-22-26/h1-9,13-17,27-28H,10H2,(H,23,24)(H,21,25,29). The average molecular weight is 457 g/mol. The zero-order valence-electron chi connectivity index (χ0n) is 16.2. The lowest BCUT2D eigenvalue weighted by Crippen LogP contribution is -2.52. The number of aromatic nitrogens is 3. The van der Waals surface area contributed by atoms with Crippen LogP contribution in [-0.4, -0.2) is 59.6 Å². The van der Waals surface area contributed by atoms with Crippen molar-refractivity contribution in [1.29, 1.82) is 0 Å². The first-order chi connectivity index (χ1) is 15.1. The monoisotopic (exact) mass is 456 g/mol. The molecule has 0 saturated heterocycles. The van der Waals surface area contributed by atoms with Crippen LogP contribution in [0.2, 0.25) is 0 Å². The maximum Gasteiger partial charge on any atom is 0.230 e. The molecular weight excluding hydrogens is 436 g/mol. The van der Waals surface area contributed by atoms with Crippen LogP contribution < -0.4 is 10.6 Å². The SMILES string of the molecule is O=C(Nc1nccs1)C1CC(O)C(O)C2N=C(Nc3ccc(-n4cccn4)cc3)SC12. The zero-order valence-corrected chi connectivity index (χ0v) is 17.8. The number of hydrogen-bond acceptors (Lipinski definition) is 9. The molecule has 5 rings (SSSR count). The Labute approximate surface area is 186 Å². The van der Waals surface area contributed by atoms with Gasteiger partial charge >= 0.3 is 0 Å². The van der Waals surface area contributed by atoms with Crippen LogP contribution in [0.5, 0.6) is 0 Å². The van der Waals surface area contributed by atoms with E-state index in [0.29, 0.717) is 10.3 Å². The minimum atomic E-state index is -1.01. The lowest BCUT2D eigenvalue weighted by Gasteiger charge is -2.37. The highest BCUT2D eigenvalue weighted by molar-refractivity contribution is 8.15. The van der Waals surface area contributed by atoms with Gasteiger partial charge in [0, 0.05) is 34.9 Å². The molecule has 9 nitrogen and oxygen atoms in total. The summed E-state index contributed by atoms with van der Waals surface area (Å²) in [6, 6.07) is 9.00. The molecule has 3 aromatic rings. The number of anilines is 2. The quantitative estimate of drug-likeness (QED) is 0.473. The fraction of sp³-hybridized carbons (Fsp3) is 0.300. The van der Waals surface area contributed by atoms with Gasteiger partial charge < -0.3 is 20.8 Å². The Bertz CT molecular complexity index is 1070. The fourth-order valence-corrected chi connectivity index (χ4v) is 5.74. The minimum Gasteiger partial charge on any atom is -0.390 e. The summed E-state index contributed by atoms with van der Waals surface area (Å²) in [5.74, 6) is -0.717. The Hall–Kier alpha value is -2.73. The highest BCUT2D eigenvalue weighted by atomic mass is 32.2. The van der Waals surface area contributed by atoms with E-state index in [2.05, 4.69) is 25.7 Å². The van der Waals surface area contributed by atoms with Gasteiger partial charge in [-0.3, -0.25) is 9.79 Å². The maximum absolute atomic E-state index is 12.8. The summed E-state index contributed by atoms with van der Waals surface area (Å²) in [5, 5.41) is 33.7. The lowest BCUT2D eigenvalue weighted by molar-refractivity contribution is -0.124. The molecule has 31 heavy (non-hydrogen) atoms. The van der Waals surface area contributed by atoms with Crippen LogP contribution >= 0.6 is 23.1 Å². The van der Waals surface area contributed by atoms with E-state index in [9.17, 15) is 15.0 Å². The Balaban J connectivity index is 1.30. The molecule has 1 fully saturated rings. The molecule has 0 spiro atoms.